The maximum Gasteiger partial charge on any atom is 0.234 e. The molecule has 0 aromatic heterocycles. The van der Waals surface area contributed by atoms with Gasteiger partial charge in [-0.05, 0) is 50.3 Å². The van der Waals surface area contributed by atoms with Crippen molar-refractivity contribution in [1.29, 1.82) is 0 Å². The van der Waals surface area contributed by atoms with E-state index in [0.29, 0.717) is 19.1 Å². The van der Waals surface area contributed by atoms with Crippen molar-refractivity contribution < 1.29 is 19.4 Å². The number of aliphatic hydroxyl groups is 1. The summed E-state index contributed by atoms with van der Waals surface area (Å²) in [5.74, 6) is 1.74. The molecule has 0 bridgehead atoms. The molecule has 1 amide bonds. The number of nitrogens with zero attached hydrogens (tertiary/aromatic N) is 1. The third-order valence-corrected chi connectivity index (χ3v) is 7.74. The van der Waals surface area contributed by atoms with Gasteiger partial charge in [0.2, 0.25) is 5.91 Å². The molecule has 1 heterocycles. The van der Waals surface area contributed by atoms with Crippen molar-refractivity contribution in [1.82, 2.24) is 10.2 Å². The predicted molar refractivity (Wildman–Crippen MR) is 120 cm³/mol. The van der Waals surface area contributed by atoms with Gasteiger partial charge >= 0.3 is 0 Å². The molecule has 3 aliphatic rings. The first kappa shape index (κ1) is 22.4. The normalized spacial score (nSPS) is 29.8. The van der Waals surface area contributed by atoms with Crippen LogP contribution in [0.3, 0.4) is 0 Å². The zero-order valence-electron chi connectivity index (χ0n) is 19.1. The van der Waals surface area contributed by atoms with E-state index in [1.165, 1.54) is 19.3 Å². The first-order valence-electron chi connectivity index (χ1n) is 12.0. The number of hydrogen-bond donors (Lipinski definition) is 2. The number of likely N-dealkylation sites (tertiary alicyclic amines) is 1. The SMILES string of the molecule is COc1ccc(OC)c([C@@H]2[C@@H]3CCCC[C@]3(O)CCN2CC(=O)NC2CCCCC2)c1. The minimum absolute atomic E-state index is 0.0683. The average molecular weight is 431 g/mol. The first-order valence-corrected chi connectivity index (χ1v) is 12.0. The van der Waals surface area contributed by atoms with Crippen molar-refractivity contribution in [3.63, 3.8) is 0 Å². The van der Waals surface area contributed by atoms with E-state index in [-0.39, 0.29) is 17.9 Å². The smallest absolute Gasteiger partial charge is 0.234 e. The minimum atomic E-state index is -0.673. The number of ether oxygens (including phenoxy) is 2. The number of methoxy groups -OCH3 is 2. The fourth-order valence-corrected chi connectivity index (χ4v) is 6.11. The van der Waals surface area contributed by atoms with Gasteiger partial charge in [0, 0.05) is 30.1 Å². The topological polar surface area (TPSA) is 71.0 Å². The Labute approximate surface area is 186 Å². The Hall–Kier alpha value is -1.79. The van der Waals surface area contributed by atoms with Crippen LogP contribution in [0.2, 0.25) is 0 Å². The molecule has 172 valence electrons. The molecule has 31 heavy (non-hydrogen) atoms. The largest absolute Gasteiger partial charge is 0.497 e. The third kappa shape index (κ3) is 4.85. The lowest BCUT2D eigenvalue weighted by atomic mass is 9.66. The third-order valence-electron chi connectivity index (χ3n) is 7.74. The lowest BCUT2D eigenvalue weighted by Gasteiger charge is -2.52. The second kappa shape index (κ2) is 9.78. The Morgan fingerprint density at radius 2 is 1.87 bits per heavy atom. The maximum absolute atomic E-state index is 13.0. The molecular formula is C25H38N2O4. The van der Waals surface area contributed by atoms with Crippen LogP contribution in [0, 0.1) is 5.92 Å². The molecule has 0 radical (unpaired) electrons. The number of nitrogens with one attached hydrogen (secondary N) is 1. The number of amides is 1. The molecule has 2 saturated carbocycles. The number of hydrogen-bond acceptors (Lipinski definition) is 5. The van der Waals surface area contributed by atoms with Crippen molar-refractivity contribution in [2.45, 2.75) is 81.9 Å². The standard InChI is InChI=1S/C25H38N2O4/c1-30-19-11-12-22(31-2)20(16-19)24-21-10-6-7-13-25(21,29)14-15-27(24)17-23(28)26-18-8-4-3-5-9-18/h11-12,16,18,21,24,29H,3-10,13-15,17H2,1-2H3,(H,26,28)/t21-,24+,25-/m0/s1. The van der Waals surface area contributed by atoms with E-state index in [1.807, 2.05) is 18.2 Å². The number of rotatable bonds is 6. The summed E-state index contributed by atoms with van der Waals surface area (Å²) in [5, 5.41) is 14.8. The van der Waals surface area contributed by atoms with E-state index in [0.717, 1.165) is 62.0 Å². The number of carbonyl (C=O) groups is 1. The summed E-state index contributed by atoms with van der Waals surface area (Å²) in [6, 6.07) is 6.10. The predicted octanol–water partition coefficient (Wildman–Crippen LogP) is 3.82. The fourth-order valence-electron chi connectivity index (χ4n) is 6.11. The summed E-state index contributed by atoms with van der Waals surface area (Å²) >= 11 is 0. The van der Waals surface area contributed by atoms with Crippen LogP contribution in [0.1, 0.15) is 75.8 Å². The van der Waals surface area contributed by atoms with E-state index in [1.54, 1.807) is 14.2 Å². The summed E-state index contributed by atoms with van der Waals surface area (Å²) < 4.78 is 11.2. The highest BCUT2D eigenvalue weighted by Gasteiger charge is 2.50. The van der Waals surface area contributed by atoms with Crippen molar-refractivity contribution >= 4 is 5.91 Å². The van der Waals surface area contributed by atoms with Crippen molar-refractivity contribution in [3.8, 4) is 11.5 Å². The molecular weight excluding hydrogens is 392 g/mol. The molecule has 0 unspecified atom stereocenters. The van der Waals surface area contributed by atoms with Crippen LogP contribution < -0.4 is 14.8 Å². The van der Waals surface area contributed by atoms with Crippen molar-refractivity contribution in [2.75, 3.05) is 27.3 Å². The van der Waals surface area contributed by atoms with Crippen molar-refractivity contribution in [3.05, 3.63) is 23.8 Å². The van der Waals surface area contributed by atoms with Gasteiger partial charge < -0.3 is 19.9 Å². The highest BCUT2D eigenvalue weighted by atomic mass is 16.5. The van der Waals surface area contributed by atoms with E-state index in [9.17, 15) is 9.90 Å². The van der Waals surface area contributed by atoms with Crippen LogP contribution in [0.4, 0.5) is 0 Å². The van der Waals surface area contributed by atoms with Crippen molar-refractivity contribution in [2.24, 2.45) is 5.92 Å². The molecule has 4 rings (SSSR count). The summed E-state index contributed by atoms with van der Waals surface area (Å²) in [6.45, 7) is 1.06. The summed E-state index contributed by atoms with van der Waals surface area (Å²) in [6.07, 6.45) is 10.5. The second-order valence-corrected chi connectivity index (χ2v) is 9.63. The monoisotopic (exact) mass is 430 g/mol. The van der Waals surface area contributed by atoms with Crippen LogP contribution in [0.5, 0.6) is 11.5 Å². The average Bonchev–Trinajstić information content (AvgIpc) is 2.79. The first-order chi connectivity index (χ1) is 15.0. The van der Waals surface area contributed by atoms with Crippen LogP contribution >= 0.6 is 0 Å². The molecule has 2 aliphatic carbocycles. The highest BCUT2D eigenvalue weighted by molar-refractivity contribution is 5.78. The maximum atomic E-state index is 13.0. The molecule has 1 aromatic rings. The molecule has 3 fully saturated rings. The second-order valence-electron chi connectivity index (χ2n) is 9.63. The Morgan fingerprint density at radius 3 is 2.61 bits per heavy atom. The summed E-state index contributed by atoms with van der Waals surface area (Å²) in [4.78, 5) is 15.3. The Morgan fingerprint density at radius 1 is 1.10 bits per heavy atom. The zero-order valence-corrected chi connectivity index (χ0v) is 19.1. The number of piperidine rings is 1. The lowest BCUT2D eigenvalue weighted by Crippen LogP contribution is -2.56. The summed E-state index contributed by atoms with van der Waals surface area (Å²) in [5.41, 5.74) is 0.338. The highest BCUT2D eigenvalue weighted by Crippen LogP contribution is 2.51. The van der Waals surface area contributed by atoms with Gasteiger partial charge in [-0.25, -0.2) is 0 Å². The number of carbonyl (C=O) groups excluding carboxylic acids is 1. The fraction of sp³-hybridized carbons (Fsp3) is 0.720. The van der Waals surface area contributed by atoms with Crippen LogP contribution in [0.15, 0.2) is 18.2 Å². The van der Waals surface area contributed by atoms with Gasteiger partial charge in [-0.2, -0.15) is 0 Å². The number of benzene rings is 1. The lowest BCUT2D eigenvalue weighted by molar-refractivity contribution is -0.138. The minimum Gasteiger partial charge on any atom is -0.497 e. The molecule has 1 aliphatic heterocycles. The van der Waals surface area contributed by atoms with Gasteiger partial charge in [0.1, 0.15) is 11.5 Å². The molecule has 6 heteroatoms. The van der Waals surface area contributed by atoms with E-state index in [2.05, 4.69) is 10.2 Å². The molecule has 6 nitrogen and oxygen atoms in total. The summed E-state index contributed by atoms with van der Waals surface area (Å²) in [7, 11) is 3.35. The Balaban J connectivity index is 1.61. The number of fused-ring (bicyclic) bond motifs is 1. The van der Waals surface area contributed by atoms with Gasteiger partial charge in [-0.1, -0.05) is 32.1 Å². The van der Waals surface area contributed by atoms with Gasteiger partial charge in [-0.15, -0.1) is 0 Å². The van der Waals surface area contributed by atoms with Crippen LogP contribution in [0.25, 0.3) is 0 Å². The molecule has 3 atom stereocenters. The zero-order chi connectivity index (χ0) is 21.8. The molecule has 2 N–H and O–H groups in total. The van der Waals surface area contributed by atoms with Gasteiger partial charge in [-0.3, -0.25) is 9.69 Å². The van der Waals surface area contributed by atoms with E-state index < -0.39 is 5.60 Å². The Kier molecular flexibility index (Phi) is 7.07. The van der Waals surface area contributed by atoms with Gasteiger partial charge in [0.05, 0.1) is 26.4 Å². The van der Waals surface area contributed by atoms with Gasteiger partial charge in [0.15, 0.2) is 0 Å². The Bertz CT molecular complexity index is 764. The van der Waals surface area contributed by atoms with Crippen LogP contribution in [-0.4, -0.2) is 54.9 Å². The van der Waals surface area contributed by atoms with E-state index >= 15 is 0 Å². The van der Waals surface area contributed by atoms with Gasteiger partial charge in [0.25, 0.3) is 0 Å². The molecule has 1 saturated heterocycles. The molecule has 0 spiro atoms. The van der Waals surface area contributed by atoms with Crippen LogP contribution in [-0.2, 0) is 4.79 Å². The molecule has 1 aromatic carbocycles. The quantitative estimate of drug-likeness (QED) is 0.718. The van der Waals surface area contributed by atoms with E-state index in [4.69, 9.17) is 9.47 Å².